The number of nitrogens with zero attached hydrogens (tertiary/aromatic N) is 1. The molecule has 0 aromatic carbocycles. The molecule has 2 rings (SSSR count). The number of carbonyl (C=O) groups excluding carboxylic acids is 1. The van der Waals surface area contributed by atoms with Gasteiger partial charge in [-0.25, -0.2) is 0 Å². The van der Waals surface area contributed by atoms with Crippen LogP contribution in [0.1, 0.15) is 31.9 Å². The van der Waals surface area contributed by atoms with Gasteiger partial charge in [0.05, 0.1) is 24.7 Å². The van der Waals surface area contributed by atoms with Gasteiger partial charge in [-0.05, 0) is 20.8 Å². The van der Waals surface area contributed by atoms with Gasteiger partial charge in [0.15, 0.2) is 0 Å². The van der Waals surface area contributed by atoms with Crippen molar-refractivity contribution in [2.75, 3.05) is 7.11 Å². The number of fused-ring (bicyclic) bond motifs is 1. The fourth-order valence-electron chi connectivity index (χ4n) is 2.02. The number of carbonyl (C=O) groups is 1. The maximum atomic E-state index is 12.0. The zero-order valence-corrected chi connectivity index (χ0v) is 14.3. The van der Waals surface area contributed by atoms with Crippen molar-refractivity contribution in [1.29, 1.82) is 0 Å². The SMILES string of the molecule is COc1n[c-]cc2c1COC(=O)C(C)(C)C2(C)O.[Y+3]. The second-order valence-corrected chi connectivity index (χ2v) is 5.06. The average Bonchev–Trinajstić information content (AvgIpc) is 2.39. The second-order valence-electron chi connectivity index (χ2n) is 5.06. The Hall–Kier alpha value is -0.516. The minimum atomic E-state index is -1.37. The third-order valence-corrected chi connectivity index (χ3v) is 3.75. The van der Waals surface area contributed by atoms with Crippen LogP contribution >= 0.6 is 0 Å². The van der Waals surface area contributed by atoms with E-state index >= 15 is 0 Å². The molecule has 0 saturated heterocycles. The topological polar surface area (TPSA) is 68.7 Å². The van der Waals surface area contributed by atoms with Crippen LogP contribution in [0.15, 0.2) is 6.07 Å². The monoisotopic (exact) mass is 339 g/mol. The molecule has 6 heteroatoms. The summed E-state index contributed by atoms with van der Waals surface area (Å²) in [5, 5.41) is 10.7. The van der Waals surface area contributed by atoms with Gasteiger partial charge >= 0.3 is 38.7 Å². The zero-order chi connectivity index (χ0) is 13.6. The Morgan fingerprint density at radius 1 is 1.47 bits per heavy atom. The molecule has 0 amide bonds. The first-order valence-corrected chi connectivity index (χ1v) is 5.66. The summed E-state index contributed by atoms with van der Waals surface area (Å²) in [6.45, 7) is 4.93. The van der Waals surface area contributed by atoms with E-state index in [9.17, 15) is 9.90 Å². The van der Waals surface area contributed by atoms with Crippen molar-refractivity contribution in [2.45, 2.75) is 33.0 Å². The number of hydrogen-bond donors (Lipinski definition) is 1. The van der Waals surface area contributed by atoms with E-state index < -0.39 is 17.0 Å². The Balaban J connectivity index is 0.00000180. The molecule has 1 aromatic heterocycles. The van der Waals surface area contributed by atoms with Gasteiger partial charge in [-0.2, -0.15) is 6.07 Å². The van der Waals surface area contributed by atoms with Crippen molar-refractivity contribution >= 4 is 5.97 Å². The molecule has 98 valence electrons. The number of esters is 1. The predicted octanol–water partition coefficient (Wildman–Crippen LogP) is 1.18. The third-order valence-electron chi connectivity index (χ3n) is 3.75. The first-order chi connectivity index (χ1) is 8.32. The largest absolute Gasteiger partial charge is 3.00 e. The number of aromatic nitrogens is 1. The summed E-state index contributed by atoms with van der Waals surface area (Å²) in [6, 6.07) is 1.57. The Morgan fingerprint density at radius 2 is 2.11 bits per heavy atom. The molecule has 1 N–H and O–H groups in total. The van der Waals surface area contributed by atoms with E-state index in [-0.39, 0.29) is 39.3 Å². The molecule has 0 radical (unpaired) electrons. The zero-order valence-electron chi connectivity index (χ0n) is 11.5. The standard InChI is InChI=1S/C13H16NO4.Y/c1-12(2)11(15)18-7-8-9(13(12,3)16)5-6-14-10(8)17-4;/h5,16H,7H2,1-4H3;/q-1;+3. The number of aliphatic hydroxyl groups is 1. The first kappa shape index (κ1) is 16.5. The molecule has 1 aliphatic heterocycles. The molecular formula is C13H16NO4Y+2. The fourth-order valence-corrected chi connectivity index (χ4v) is 2.02. The van der Waals surface area contributed by atoms with Crippen molar-refractivity contribution in [2.24, 2.45) is 5.41 Å². The van der Waals surface area contributed by atoms with Crippen LogP contribution in [0, 0.1) is 11.6 Å². The Bertz CT molecular complexity index is 499. The molecule has 0 fully saturated rings. The van der Waals surface area contributed by atoms with Crippen LogP contribution < -0.4 is 4.74 Å². The summed E-state index contributed by atoms with van der Waals surface area (Å²) < 4.78 is 10.3. The first-order valence-electron chi connectivity index (χ1n) is 5.66. The van der Waals surface area contributed by atoms with E-state index in [2.05, 4.69) is 11.2 Å². The minimum absolute atomic E-state index is 0. The number of methoxy groups -OCH3 is 1. The van der Waals surface area contributed by atoms with Crippen LogP contribution in [0.3, 0.4) is 0 Å². The summed E-state index contributed by atoms with van der Waals surface area (Å²) in [4.78, 5) is 15.9. The normalized spacial score (nSPS) is 24.6. The van der Waals surface area contributed by atoms with Gasteiger partial charge in [0.25, 0.3) is 0 Å². The summed E-state index contributed by atoms with van der Waals surface area (Å²) in [5.74, 6) is -0.135. The van der Waals surface area contributed by atoms with Crippen molar-refractivity contribution in [1.82, 2.24) is 4.98 Å². The molecule has 1 aromatic rings. The molecule has 0 spiro atoms. The number of ether oxygens (including phenoxy) is 2. The summed E-state index contributed by atoms with van der Waals surface area (Å²) >= 11 is 0. The molecule has 0 bridgehead atoms. The van der Waals surface area contributed by atoms with Crippen molar-refractivity contribution in [3.63, 3.8) is 0 Å². The van der Waals surface area contributed by atoms with Crippen LogP contribution in [0.2, 0.25) is 0 Å². The molecule has 0 aliphatic carbocycles. The van der Waals surface area contributed by atoms with Crippen molar-refractivity contribution in [3.05, 3.63) is 23.4 Å². The molecule has 19 heavy (non-hydrogen) atoms. The van der Waals surface area contributed by atoms with Gasteiger partial charge in [0, 0.05) is 0 Å². The predicted molar refractivity (Wildman–Crippen MR) is 62.8 cm³/mol. The maximum Gasteiger partial charge on any atom is 3.00 e. The van der Waals surface area contributed by atoms with Crippen LogP contribution in [0.4, 0.5) is 0 Å². The number of hydrogen-bond acceptors (Lipinski definition) is 5. The van der Waals surface area contributed by atoms with Crippen LogP contribution in [-0.2, 0) is 54.4 Å². The van der Waals surface area contributed by atoms with E-state index in [0.717, 1.165) is 0 Å². The average molecular weight is 339 g/mol. The molecule has 1 aliphatic rings. The summed E-state index contributed by atoms with van der Waals surface area (Å²) in [7, 11) is 1.48. The van der Waals surface area contributed by atoms with Gasteiger partial charge in [0.1, 0.15) is 5.88 Å². The van der Waals surface area contributed by atoms with Crippen molar-refractivity contribution < 1.29 is 52.1 Å². The van der Waals surface area contributed by atoms with Crippen LogP contribution in [-0.4, -0.2) is 23.2 Å². The Kier molecular flexibility index (Phi) is 4.76. The summed E-state index contributed by atoms with van der Waals surface area (Å²) in [5.41, 5.74) is -1.29. The second kappa shape index (κ2) is 5.46. The quantitative estimate of drug-likeness (QED) is 0.615. The Labute approximate surface area is 137 Å². The number of rotatable bonds is 1. The van der Waals surface area contributed by atoms with Gasteiger partial charge < -0.3 is 19.6 Å². The van der Waals surface area contributed by atoms with Crippen LogP contribution in [0.5, 0.6) is 5.88 Å². The molecular weight excluding hydrogens is 323 g/mol. The minimum Gasteiger partial charge on any atom is -0.537 e. The van der Waals surface area contributed by atoms with Gasteiger partial charge in [-0.1, -0.05) is 11.8 Å². The van der Waals surface area contributed by atoms with E-state index in [0.29, 0.717) is 17.0 Å². The number of pyridine rings is 1. The van der Waals surface area contributed by atoms with E-state index in [1.54, 1.807) is 26.8 Å². The molecule has 2 heterocycles. The van der Waals surface area contributed by atoms with E-state index in [4.69, 9.17) is 9.47 Å². The molecule has 5 nitrogen and oxygen atoms in total. The molecule has 0 saturated carbocycles. The van der Waals surface area contributed by atoms with Gasteiger partial charge in [-0.15, -0.1) is 5.56 Å². The maximum absolute atomic E-state index is 12.0. The third kappa shape index (κ3) is 2.44. The Morgan fingerprint density at radius 3 is 2.68 bits per heavy atom. The fraction of sp³-hybridized carbons (Fsp3) is 0.538. The summed E-state index contributed by atoms with van der Waals surface area (Å²) in [6.07, 6.45) is 2.67. The van der Waals surface area contributed by atoms with E-state index in [1.807, 2.05) is 0 Å². The van der Waals surface area contributed by atoms with Gasteiger partial charge in [0.2, 0.25) is 0 Å². The van der Waals surface area contributed by atoms with E-state index in [1.165, 1.54) is 7.11 Å². The molecule has 1 unspecified atom stereocenters. The number of cyclic esters (lactones) is 1. The van der Waals surface area contributed by atoms with Crippen LogP contribution in [0.25, 0.3) is 0 Å². The van der Waals surface area contributed by atoms with Gasteiger partial charge in [-0.3, -0.25) is 4.79 Å². The smallest absolute Gasteiger partial charge is 0.537 e. The molecule has 1 atom stereocenters. The van der Waals surface area contributed by atoms with Crippen molar-refractivity contribution in [3.8, 4) is 5.88 Å².